The van der Waals surface area contributed by atoms with Gasteiger partial charge in [0.05, 0.1) is 0 Å². The number of nitrogens with one attached hydrogen (secondary N) is 1. The standard InChI is InChI=1S/C15H20N2O4/c1-3-10(4-2)16-15(18)9-20-11-5-6-12-13(17-19)8-21-14(12)7-11/h5-7,10,19H,3-4,8-9H2,1-2H3,(H,16,18). The van der Waals surface area contributed by atoms with Gasteiger partial charge in [0.2, 0.25) is 0 Å². The molecule has 1 amide bonds. The molecule has 0 bridgehead atoms. The summed E-state index contributed by atoms with van der Waals surface area (Å²) in [5.74, 6) is 1.01. The Hall–Kier alpha value is -2.24. The van der Waals surface area contributed by atoms with Crippen LogP contribution < -0.4 is 14.8 Å². The Bertz CT molecular complexity index is 538. The molecule has 114 valence electrons. The first-order chi connectivity index (χ1) is 10.2. The van der Waals surface area contributed by atoms with Crippen molar-refractivity contribution in [1.82, 2.24) is 5.32 Å². The summed E-state index contributed by atoms with van der Waals surface area (Å²) in [5, 5.41) is 14.9. The first-order valence-corrected chi connectivity index (χ1v) is 7.08. The van der Waals surface area contributed by atoms with Gasteiger partial charge in [-0.1, -0.05) is 19.0 Å². The number of hydrogen-bond acceptors (Lipinski definition) is 5. The molecule has 0 spiro atoms. The molecule has 0 saturated carbocycles. The van der Waals surface area contributed by atoms with Crippen LogP contribution >= 0.6 is 0 Å². The van der Waals surface area contributed by atoms with E-state index in [2.05, 4.69) is 10.5 Å². The summed E-state index contributed by atoms with van der Waals surface area (Å²) >= 11 is 0. The minimum Gasteiger partial charge on any atom is -0.486 e. The molecule has 6 heteroatoms. The van der Waals surface area contributed by atoms with E-state index in [0.29, 0.717) is 17.2 Å². The highest BCUT2D eigenvalue weighted by Crippen LogP contribution is 2.29. The number of benzene rings is 1. The number of oxime groups is 1. The SMILES string of the molecule is CCC(CC)NC(=O)COc1ccc2c(c1)OCC2=NO. The van der Waals surface area contributed by atoms with Crippen molar-refractivity contribution in [2.45, 2.75) is 32.7 Å². The third-order valence-electron chi connectivity index (χ3n) is 3.47. The fourth-order valence-electron chi connectivity index (χ4n) is 2.17. The lowest BCUT2D eigenvalue weighted by atomic mass is 10.1. The Balaban J connectivity index is 1.91. The summed E-state index contributed by atoms with van der Waals surface area (Å²) in [6.07, 6.45) is 1.80. The maximum atomic E-state index is 11.8. The van der Waals surface area contributed by atoms with E-state index in [1.807, 2.05) is 13.8 Å². The monoisotopic (exact) mass is 292 g/mol. The summed E-state index contributed by atoms with van der Waals surface area (Å²) in [4.78, 5) is 11.8. The van der Waals surface area contributed by atoms with E-state index in [9.17, 15) is 4.79 Å². The zero-order chi connectivity index (χ0) is 15.2. The van der Waals surface area contributed by atoms with E-state index < -0.39 is 0 Å². The number of hydrogen-bond donors (Lipinski definition) is 2. The van der Waals surface area contributed by atoms with Crippen LogP contribution in [-0.2, 0) is 4.79 Å². The second-order valence-corrected chi connectivity index (χ2v) is 4.86. The van der Waals surface area contributed by atoms with Gasteiger partial charge < -0.3 is 20.0 Å². The van der Waals surface area contributed by atoms with Crippen molar-refractivity contribution in [3.8, 4) is 11.5 Å². The maximum Gasteiger partial charge on any atom is 0.258 e. The molecule has 21 heavy (non-hydrogen) atoms. The Kier molecular flexibility index (Phi) is 5.03. The van der Waals surface area contributed by atoms with Crippen molar-refractivity contribution in [3.63, 3.8) is 0 Å². The highest BCUT2D eigenvalue weighted by Gasteiger charge is 2.20. The Morgan fingerprint density at radius 1 is 1.48 bits per heavy atom. The number of ether oxygens (including phenoxy) is 2. The third kappa shape index (κ3) is 3.65. The molecule has 0 aromatic heterocycles. The average molecular weight is 292 g/mol. The van der Waals surface area contributed by atoms with Gasteiger partial charge in [0.25, 0.3) is 5.91 Å². The molecule has 2 N–H and O–H groups in total. The Morgan fingerprint density at radius 2 is 2.24 bits per heavy atom. The second kappa shape index (κ2) is 6.97. The zero-order valence-corrected chi connectivity index (χ0v) is 12.3. The lowest BCUT2D eigenvalue weighted by Crippen LogP contribution is -2.37. The van der Waals surface area contributed by atoms with Crippen LogP contribution in [0, 0.1) is 0 Å². The summed E-state index contributed by atoms with van der Waals surface area (Å²) in [7, 11) is 0. The first kappa shape index (κ1) is 15.2. The number of nitrogens with zero attached hydrogens (tertiary/aromatic N) is 1. The smallest absolute Gasteiger partial charge is 0.258 e. The summed E-state index contributed by atoms with van der Waals surface area (Å²) in [5.41, 5.74) is 1.23. The molecule has 2 rings (SSSR count). The van der Waals surface area contributed by atoms with E-state index in [-0.39, 0.29) is 25.2 Å². The fraction of sp³-hybridized carbons (Fsp3) is 0.467. The van der Waals surface area contributed by atoms with E-state index in [0.717, 1.165) is 18.4 Å². The van der Waals surface area contributed by atoms with Gasteiger partial charge in [0.1, 0.15) is 23.8 Å². The van der Waals surface area contributed by atoms with Crippen LogP contribution in [0.2, 0.25) is 0 Å². The van der Waals surface area contributed by atoms with Gasteiger partial charge in [0, 0.05) is 17.7 Å². The van der Waals surface area contributed by atoms with Crippen LogP contribution in [0.5, 0.6) is 11.5 Å². The number of carbonyl (C=O) groups excluding carboxylic acids is 1. The number of rotatable bonds is 6. The average Bonchev–Trinajstić information content (AvgIpc) is 2.92. The normalized spacial score (nSPS) is 14.9. The van der Waals surface area contributed by atoms with E-state index in [1.54, 1.807) is 18.2 Å². The van der Waals surface area contributed by atoms with Gasteiger partial charge in [-0.2, -0.15) is 0 Å². The first-order valence-electron chi connectivity index (χ1n) is 7.08. The summed E-state index contributed by atoms with van der Waals surface area (Å²) in [6, 6.07) is 5.36. The second-order valence-electron chi connectivity index (χ2n) is 4.86. The highest BCUT2D eigenvalue weighted by atomic mass is 16.5. The molecular weight excluding hydrogens is 272 g/mol. The quantitative estimate of drug-likeness (QED) is 0.620. The summed E-state index contributed by atoms with van der Waals surface area (Å²) in [6.45, 7) is 4.28. The topological polar surface area (TPSA) is 80.2 Å². The zero-order valence-electron chi connectivity index (χ0n) is 12.3. The molecule has 1 aromatic carbocycles. The van der Waals surface area contributed by atoms with E-state index >= 15 is 0 Å². The van der Waals surface area contributed by atoms with Crippen LogP contribution in [0.4, 0.5) is 0 Å². The van der Waals surface area contributed by atoms with Crippen molar-refractivity contribution in [1.29, 1.82) is 0 Å². The van der Waals surface area contributed by atoms with Crippen molar-refractivity contribution in [2.75, 3.05) is 13.2 Å². The molecule has 6 nitrogen and oxygen atoms in total. The van der Waals surface area contributed by atoms with Crippen LogP contribution in [-0.4, -0.2) is 36.1 Å². The molecule has 1 aliphatic heterocycles. The Morgan fingerprint density at radius 3 is 2.90 bits per heavy atom. The molecule has 1 aromatic rings. The number of carbonyl (C=O) groups is 1. The highest BCUT2D eigenvalue weighted by molar-refractivity contribution is 6.06. The van der Waals surface area contributed by atoms with Gasteiger partial charge in [-0.3, -0.25) is 4.79 Å². The Labute approximate surface area is 123 Å². The molecule has 1 aliphatic rings. The summed E-state index contributed by atoms with van der Waals surface area (Å²) < 4.78 is 10.8. The maximum absolute atomic E-state index is 11.8. The lowest BCUT2D eigenvalue weighted by Gasteiger charge is -2.15. The van der Waals surface area contributed by atoms with E-state index in [4.69, 9.17) is 14.7 Å². The predicted octanol–water partition coefficient (Wildman–Crippen LogP) is 1.94. The van der Waals surface area contributed by atoms with Crippen LogP contribution in [0.25, 0.3) is 0 Å². The number of fused-ring (bicyclic) bond motifs is 1. The van der Waals surface area contributed by atoms with Crippen LogP contribution in [0.15, 0.2) is 23.4 Å². The van der Waals surface area contributed by atoms with Crippen molar-refractivity contribution < 1.29 is 19.5 Å². The van der Waals surface area contributed by atoms with Gasteiger partial charge in [-0.05, 0) is 25.0 Å². The molecule has 0 aliphatic carbocycles. The van der Waals surface area contributed by atoms with Crippen LogP contribution in [0.1, 0.15) is 32.3 Å². The van der Waals surface area contributed by atoms with Gasteiger partial charge >= 0.3 is 0 Å². The largest absolute Gasteiger partial charge is 0.486 e. The minimum atomic E-state index is -0.136. The third-order valence-corrected chi connectivity index (χ3v) is 3.47. The molecule has 0 saturated heterocycles. The van der Waals surface area contributed by atoms with Gasteiger partial charge in [-0.15, -0.1) is 0 Å². The van der Waals surface area contributed by atoms with Crippen molar-refractivity contribution in [2.24, 2.45) is 5.16 Å². The molecule has 0 unspecified atom stereocenters. The predicted molar refractivity (Wildman–Crippen MR) is 78.3 cm³/mol. The fourth-order valence-corrected chi connectivity index (χ4v) is 2.17. The molecule has 1 heterocycles. The van der Waals surface area contributed by atoms with E-state index in [1.165, 1.54) is 0 Å². The lowest BCUT2D eigenvalue weighted by molar-refractivity contribution is -0.123. The van der Waals surface area contributed by atoms with Crippen LogP contribution in [0.3, 0.4) is 0 Å². The van der Waals surface area contributed by atoms with Gasteiger partial charge in [-0.25, -0.2) is 0 Å². The van der Waals surface area contributed by atoms with Crippen molar-refractivity contribution >= 4 is 11.6 Å². The van der Waals surface area contributed by atoms with Gasteiger partial charge in [0.15, 0.2) is 6.61 Å². The molecule has 0 fully saturated rings. The molecular formula is C15H20N2O4. The van der Waals surface area contributed by atoms with Crippen molar-refractivity contribution in [3.05, 3.63) is 23.8 Å². The number of amides is 1. The molecule has 0 atom stereocenters. The minimum absolute atomic E-state index is 0.0315. The molecule has 0 radical (unpaired) electrons.